The first-order valence-electron chi connectivity index (χ1n) is 10.8. The predicted octanol–water partition coefficient (Wildman–Crippen LogP) is 5.01. The van der Waals surface area contributed by atoms with E-state index in [0.717, 1.165) is 24.8 Å². The van der Waals surface area contributed by atoms with Crippen molar-refractivity contribution in [2.75, 3.05) is 5.32 Å². The lowest BCUT2D eigenvalue weighted by atomic mass is 9.97. The Bertz CT molecular complexity index is 1360. The molecule has 0 saturated carbocycles. The molecule has 4 rings (SSSR count). The van der Waals surface area contributed by atoms with Crippen molar-refractivity contribution in [2.24, 2.45) is 7.05 Å². The average molecular weight is 472 g/mol. The van der Waals surface area contributed by atoms with Crippen LogP contribution in [0.1, 0.15) is 59.2 Å². The minimum absolute atomic E-state index is 0.0641. The fourth-order valence-corrected chi connectivity index (χ4v) is 4.28. The highest BCUT2D eigenvalue weighted by atomic mass is 19.4. The van der Waals surface area contributed by atoms with E-state index in [0.29, 0.717) is 17.8 Å². The Morgan fingerprint density at radius 1 is 1.26 bits per heavy atom. The van der Waals surface area contributed by atoms with Crippen LogP contribution >= 0.6 is 0 Å². The van der Waals surface area contributed by atoms with E-state index in [4.69, 9.17) is 0 Å². The molecule has 10 heteroatoms. The number of nitrogens with zero attached hydrogens (tertiary/aromatic N) is 3. The van der Waals surface area contributed by atoms with Gasteiger partial charge in [-0.2, -0.15) is 13.2 Å². The normalized spacial score (nSPS) is 15.1. The van der Waals surface area contributed by atoms with Crippen molar-refractivity contribution >= 4 is 28.1 Å². The Morgan fingerprint density at radius 3 is 2.68 bits per heavy atom. The fourth-order valence-electron chi connectivity index (χ4n) is 4.28. The molecule has 1 aromatic carbocycles. The zero-order valence-corrected chi connectivity index (χ0v) is 18.6. The number of carboxylic acid groups (broad SMARTS) is 1. The van der Waals surface area contributed by atoms with Crippen LogP contribution < -0.4 is 10.9 Å². The van der Waals surface area contributed by atoms with Gasteiger partial charge in [-0.15, -0.1) is 0 Å². The Kier molecular flexibility index (Phi) is 6.16. The molecular weight excluding hydrogens is 449 g/mol. The molecule has 2 aromatic heterocycles. The Hall–Kier alpha value is -3.69. The van der Waals surface area contributed by atoms with Gasteiger partial charge in [0.15, 0.2) is 11.7 Å². The summed E-state index contributed by atoms with van der Waals surface area (Å²) in [7, 11) is 1.57. The summed E-state index contributed by atoms with van der Waals surface area (Å²) in [5.74, 6) is -1.12. The van der Waals surface area contributed by atoms with Gasteiger partial charge in [0.1, 0.15) is 5.82 Å². The highest BCUT2D eigenvalue weighted by molar-refractivity contribution is 5.92. The van der Waals surface area contributed by atoms with E-state index in [1.54, 1.807) is 14.0 Å². The Balaban J connectivity index is 1.97. The minimum atomic E-state index is -4.82. The van der Waals surface area contributed by atoms with Gasteiger partial charge in [-0.3, -0.25) is 9.36 Å². The number of aromatic nitrogens is 3. The summed E-state index contributed by atoms with van der Waals surface area (Å²) in [6.45, 7) is 1.60. The number of rotatable bonds is 5. The number of carboxylic acids is 1. The van der Waals surface area contributed by atoms with Crippen molar-refractivity contribution in [1.29, 1.82) is 0 Å². The monoisotopic (exact) mass is 472 g/mol. The van der Waals surface area contributed by atoms with E-state index in [1.165, 1.54) is 35.0 Å². The van der Waals surface area contributed by atoms with Crippen LogP contribution in [0.5, 0.6) is 0 Å². The second kappa shape index (κ2) is 8.92. The molecule has 0 radical (unpaired) electrons. The first kappa shape index (κ1) is 23.5. The number of halogens is 3. The van der Waals surface area contributed by atoms with E-state index >= 15 is 0 Å². The van der Waals surface area contributed by atoms with E-state index in [1.807, 2.05) is 6.08 Å². The third-order valence-electron chi connectivity index (χ3n) is 5.88. The summed E-state index contributed by atoms with van der Waals surface area (Å²) in [6.07, 6.45) is 1.76. The van der Waals surface area contributed by atoms with Gasteiger partial charge in [0.05, 0.1) is 16.6 Å². The topological polar surface area (TPSA) is 97.1 Å². The summed E-state index contributed by atoms with van der Waals surface area (Å²) in [5.41, 5.74) is -0.298. The molecule has 1 aliphatic carbocycles. The van der Waals surface area contributed by atoms with Crippen LogP contribution in [0.15, 0.2) is 41.3 Å². The lowest BCUT2D eigenvalue weighted by Crippen LogP contribution is -2.30. The zero-order chi connectivity index (χ0) is 24.6. The number of aryl methyl sites for hydroxylation is 1. The summed E-state index contributed by atoms with van der Waals surface area (Å²) >= 11 is 0. The van der Waals surface area contributed by atoms with Gasteiger partial charge in [-0.1, -0.05) is 12.1 Å². The van der Waals surface area contributed by atoms with Gasteiger partial charge in [-0.25, -0.2) is 14.8 Å². The van der Waals surface area contributed by atoms with Gasteiger partial charge in [0.2, 0.25) is 0 Å². The summed E-state index contributed by atoms with van der Waals surface area (Å²) in [4.78, 5) is 32.9. The molecule has 178 valence electrons. The first-order valence-corrected chi connectivity index (χ1v) is 10.8. The predicted molar refractivity (Wildman–Crippen MR) is 122 cm³/mol. The van der Waals surface area contributed by atoms with Gasteiger partial charge in [0, 0.05) is 18.8 Å². The molecule has 1 aliphatic rings. The highest BCUT2D eigenvalue weighted by Gasteiger charge is 2.43. The number of benzene rings is 1. The molecule has 0 spiro atoms. The highest BCUT2D eigenvalue weighted by Crippen LogP contribution is 2.39. The smallest absolute Gasteiger partial charge is 0.412 e. The number of anilines is 1. The van der Waals surface area contributed by atoms with Crippen molar-refractivity contribution < 1.29 is 23.1 Å². The molecule has 0 unspecified atom stereocenters. The van der Waals surface area contributed by atoms with Crippen LogP contribution in [0.3, 0.4) is 0 Å². The standard InChI is InChI=1S/C24H23F3N4O3/c1-13-11-15(20(24(25,26)27)29-17-9-6-10-28-19(17)23(33)34)18-16(12-13)22(32)31(2)21(30-18)14-7-4-3-5-8-14/h6-7,9-12,20,29H,3-5,8H2,1-2H3,(H,33,34)/t20-/m0/s1. The van der Waals surface area contributed by atoms with Gasteiger partial charge < -0.3 is 10.4 Å². The molecule has 1 atom stereocenters. The molecule has 0 bridgehead atoms. The maximum atomic E-state index is 14.4. The second-order valence-electron chi connectivity index (χ2n) is 8.35. The van der Waals surface area contributed by atoms with Crippen LogP contribution in [0.2, 0.25) is 0 Å². The average Bonchev–Trinajstić information content (AvgIpc) is 2.79. The summed E-state index contributed by atoms with van der Waals surface area (Å²) < 4.78 is 44.5. The van der Waals surface area contributed by atoms with E-state index < -0.39 is 29.4 Å². The molecule has 2 heterocycles. The molecule has 0 aliphatic heterocycles. The maximum Gasteiger partial charge on any atom is 0.412 e. The van der Waals surface area contributed by atoms with Crippen molar-refractivity contribution in [3.8, 4) is 0 Å². The number of aromatic carboxylic acids is 1. The molecule has 0 amide bonds. The number of nitrogens with one attached hydrogen (secondary N) is 1. The van der Waals surface area contributed by atoms with Gasteiger partial charge >= 0.3 is 12.1 Å². The lowest BCUT2D eigenvalue weighted by Gasteiger charge is -2.25. The van der Waals surface area contributed by atoms with E-state index in [9.17, 15) is 27.9 Å². The minimum Gasteiger partial charge on any atom is -0.476 e. The quantitative estimate of drug-likeness (QED) is 0.542. The number of pyridine rings is 1. The molecule has 7 nitrogen and oxygen atoms in total. The number of hydrogen-bond donors (Lipinski definition) is 2. The van der Waals surface area contributed by atoms with Crippen LogP contribution in [0.25, 0.3) is 16.5 Å². The van der Waals surface area contributed by atoms with Crippen LogP contribution in [-0.4, -0.2) is 31.8 Å². The van der Waals surface area contributed by atoms with Crippen LogP contribution in [0.4, 0.5) is 18.9 Å². The number of allylic oxidation sites excluding steroid dienone is 2. The van der Waals surface area contributed by atoms with Crippen molar-refractivity contribution in [3.05, 3.63) is 69.5 Å². The molecule has 3 aromatic rings. The first-order chi connectivity index (χ1) is 16.1. The number of hydrogen-bond acceptors (Lipinski definition) is 5. The van der Waals surface area contributed by atoms with Crippen LogP contribution in [0, 0.1) is 6.92 Å². The fraction of sp³-hybridized carbons (Fsp3) is 0.333. The number of alkyl halides is 3. The summed E-state index contributed by atoms with van der Waals surface area (Å²) in [6, 6.07) is 3.10. The van der Waals surface area contributed by atoms with E-state index in [2.05, 4.69) is 15.3 Å². The molecular formula is C24H23F3N4O3. The number of fused-ring (bicyclic) bond motifs is 1. The van der Waals surface area contributed by atoms with Crippen molar-refractivity contribution in [1.82, 2.24) is 14.5 Å². The Morgan fingerprint density at radius 2 is 2.03 bits per heavy atom. The second-order valence-corrected chi connectivity index (χ2v) is 8.35. The van der Waals surface area contributed by atoms with Crippen molar-refractivity contribution in [2.45, 2.75) is 44.8 Å². The number of carbonyl (C=O) groups is 1. The zero-order valence-electron chi connectivity index (χ0n) is 18.6. The SMILES string of the molecule is Cc1cc([C@H](Nc2cccnc2C(=O)O)C(F)(F)F)c2nc(C3=CCCCC3)n(C)c(=O)c2c1. The largest absolute Gasteiger partial charge is 0.476 e. The maximum absolute atomic E-state index is 14.4. The summed E-state index contributed by atoms with van der Waals surface area (Å²) in [5, 5.41) is 11.7. The van der Waals surface area contributed by atoms with Crippen LogP contribution in [-0.2, 0) is 7.05 Å². The lowest BCUT2D eigenvalue weighted by molar-refractivity contribution is -0.143. The molecule has 34 heavy (non-hydrogen) atoms. The molecule has 0 fully saturated rings. The third kappa shape index (κ3) is 4.40. The van der Waals surface area contributed by atoms with E-state index in [-0.39, 0.29) is 22.2 Å². The van der Waals surface area contributed by atoms with Gasteiger partial charge in [-0.05, 0) is 61.9 Å². The molecule has 0 saturated heterocycles. The Labute approximate surface area is 193 Å². The molecule has 2 N–H and O–H groups in total. The third-order valence-corrected chi connectivity index (χ3v) is 5.88. The van der Waals surface area contributed by atoms with Gasteiger partial charge in [0.25, 0.3) is 5.56 Å². The van der Waals surface area contributed by atoms with Crippen molar-refractivity contribution in [3.63, 3.8) is 0 Å².